The molecule has 2 nitrogen and oxygen atoms in total. The maximum atomic E-state index is 11.6. The zero-order valence-electron chi connectivity index (χ0n) is 13.2. The molecular weight excluding hydrogens is 296 g/mol. The largest absolute Gasteiger partial charge is 0.426 e. The molecule has 24 heavy (non-hydrogen) atoms. The third-order valence-corrected chi connectivity index (χ3v) is 4.70. The SMILES string of the molecule is CC(=O)Oc1cc2cccc3ccc4c5ccccc5cc1c4c32. The molecule has 0 N–H and O–H groups in total. The predicted molar refractivity (Wildman–Crippen MR) is 99.0 cm³/mol. The molecule has 0 unspecified atom stereocenters. The first kappa shape index (κ1) is 13.3. The molecule has 114 valence electrons. The molecule has 0 spiro atoms. The Morgan fingerprint density at radius 2 is 1.50 bits per heavy atom. The highest BCUT2D eigenvalue weighted by Gasteiger charge is 2.15. The predicted octanol–water partition coefficient (Wildman–Crippen LogP) is 5.66. The highest BCUT2D eigenvalue weighted by Crippen LogP contribution is 2.42. The number of hydrogen-bond acceptors (Lipinski definition) is 2. The topological polar surface area (TPSA) is 26.3 Å². The van der Waals surface area contributed by atoms with Crippen LogP contribution in [0.2, 0.25) is 0 Å². The van der Waals surface area contributed by atoms with E-state index in [0.717, 1.165) is 16.2 Å². The molecule has 0 saturated heterocycles. The van der Waals surface area contributed by atoms with Gasteiger partial charge in [-0.25, -0.2) is 0 Å². The summed E-state index contributed by atoms with van der Waals surface area (Å²) in [6.45, 7) is 1.44. The molecule has 0 atom stereocenters. The monoisotopic (exact) mass is 310 g/mol. The molecule has 0 fully saturated rings. The van der Waals surface area contributed by atoms with Gasteiger partial charge in [-0.3, -0.25) is 4.79 Å². The van der Waals surface area contributed by atoms with E-state index in [-0.39, 0.29) is 5.97 Å². The zero-order chi connectivity index (χ0) is 16.3. The number of rotatable bonds is 1. The van der Waals surface area contributed by atoms with Crippen LogP contribution in [0.5, 0.6) is 5.75 Å². The molecule has 5 aromatic rings. The van der Waals surface area contributed by atoms with Crippen LogP contribution in [0.3, 0.4) is 0 Å². The molecule has 5 rings (SSSR count). The number of benzene rings is 5. The van der Waals surface area contributed by atoms with Crippen molar-refractivity contribution in [2.75, 3.05) is 0 Å². The molecule has 0 bridgehead atoms. The summed E-state index contributed by atoms with van der Waals surface area (Å²) in [6.07, 6.45) is 0. The fourth-order valence-electron chi connectivity index (χ4n) is 3.78. The second-order valence-electron chi connectivity index (χ2n) is 6.18. The number of ether oxygens (including phenoxy) is 1. The first-order chi connectivity index (χ1) is 11.7. The van der Waals surface area contributed by atoms with Crippen LogP contribution in [0.1, 0.15) is 6.92 Å². The van der Waals surface area contributed by atoms with Crippen molar-refractivity contribution in [1.29, 1.82) is 0 Å². The minimum atomic E-state index is -0.297. The highest BCUT2D eigenvalue weighted by molar-refractivity contribution is 6.30. The van der Waals surface area contributed by atoms with Crippen LogP contribution >= 0.6 is 0 Å². The molecule has 0 aliphatic rings. The minimum Gasteiger partial charge on any atom is -0.426 e. The quantitative estimate of drug-likeness (QED) is 0.173. The molecule has 0 aliphatic heterocycles. The van der Waals surface area contributed by atoms with Gasteiger partial charge in [0.1, 0.15) is 5.75 Å². The van der Waals surface area contributed by atoms with Gasteiger partial charge in [0, 0.05) is 17.7 Å². The Kier molecular flexibility index (Phi) is 2.60. The third kappa shape index (κ3) is 1.74. The lowest BCUT2D eigenvalue weighted by molar-refractivity contribution is -0.131. The van der Waals surface area contributed by atoms with E-state index in [0.29, 0.717) is 5.75 Å². The fourth-order valence-corrected chi connectivity index (χ4v) is 3.78. The summed E-state index contributed by atoms with van der Waals surface area (Å²) in [5, 5.41) is 9.25. The average molecular weight is 310 g/mol. The number of carbonyl (C=O) groups excluding carboxylic acids is 1. The molecule has 0 aliphatic carbocycles. The summed E-state index contributed by atoms with van der Waals surface area (Å²) < 4.78 is 5.54. The highest BCUT2D eigenvalue weighted by atomic mass is 16.5. The second-order valence-corrected chi connectivity index (χ2v) is 6.18. The van der Waals surface area contributed by atoms with Crippen LogP contribution in [0.4, 0.5) is 0 Å². The van der Waals surface area contributed by atoms with E-state index < -0.39 is 0 Å². The Morgan fingerprint density at radius 1 is 0.708 bits per heavy atom. The van der Waals surface area contributed by atoms with E-state index in [2.05, 4.69) is 48.5 Å². The van der Waals surface area contributed by atoms with Crippen molar-refractivity contribution in [2.45, 2.75) is 6.92 Å². The number of carbonyl (C=O) groups is 1. The Bertz CT molecular complexity index is 1250. The lowest BCUT2D eigenvalue weighted by Gasteiger charge is -2.16. The molecule has 0 radical (unpaired) electrons. The van der Waals surface area contributed by atoms with E-state index in [9.17, 15) is 4.79 Å². The minimum absolute atomic E-state index is 0.297. The van der Waals surface area contributed by atoms with Crippen molar-refractivity contribution < 1.29 is 9.53 Å². The van der Waals surface area contributed by atoms with Crippen molar-refractivity contribution >= 4 is 49.1 Å². The second kappa shape index (κ2) is 4.68. The van der Waals surface area contributed by atoms with Gasteiger partial charge in [0.2, 0.25) is 0 Å². The number of hydrogen-bond donors (Lipinski definition) is 0. The molecule has 5 aromatic carbocycles. The van der Waals surface area contributed by atoms with Crippen molar-refractivity contribution in [1.82, 2.24) is 0 Å². The summed E-state index contributed by atoms with van der Waals surface area (Å²) in [6, 6.07) is 23.0. The van der Waals surface area contributed by atoms with Gasteiger partial charge in [-0.05, 0) is 44.5 Å². The van der Waals surface area contributed by atoms with Gasteiger partial charge in [-0.2, -0.15) is 0 Å². The molecule has 0 heterocycles. The van der Waals surface area contributed by atoms with E-state index >= 15 is 0 Å². The number of fused-ring (bicyclic) bond motifs is 2. The van der Waals surface area contributed by atoms with E-state index in [1.807, 2.05) is 18.2 Å². The Balaban J connectivity index is 2.11. The molecule has 0 aromatic heterocycles. The van der Waals surface area contributed by atoms with Crippen molar-refractivity contribution in [2.24, 2.45) is 0 Å². The van der Waals surface area contributed by atoms with Crippen LogP contribution in [0, 0.1) is 0 Å². The Hall–Kier alpha value is -3.13. The third-order valence-electron chi connectivity index (χ3n) is 4.70. The first-order valence-corrected chi connectivity index (χ1v) is 8.00. The van der Waals surface area contributed by atoms with Crippen LogP contribution in [0.25, 0.3) is 43.1 Å². The van der Waals surface area contributed by atoms with E-state index in [1.54, 1.807) is 0 Å². The van der Waals surface area contributed by atoms with Gasteiger partial charge in [0.25, 0.3) is 0 Å². The van der Waals surface area contributed by atoms with Crippen molar-refractivity contribution in [3.05, 3.63) is 66.7 Å². The maximum absolute atomic E-state index is 11.6. The summed E-state index contributed by atoms with van der Waals surface area (Å²) in [4.78, 5) is 11.6. The molecule has 0 amide bonds. The van der Waals surface area contributed by atoms with Gasteiger partial charge in [-0.15, -0.1) is 0 Å². The van der Waals surface area contributed by atoms with Crippen molar-refractivity contribution in [3.8, 4) is 5.75 Å². The van der Waals surface area contributed by atoms with Gasteiger partial charge in [-0.1, -0.05) is 54.6 Å². The average Bonchev–Trinajstić information content (AvgIpc) is 2.59. The van der Waals surface area contributed by atoms with E-state index in [1.165, 1.54) is 33.9 Å². The molecule has 2 heteroatoms. The fraction of sp³-hybridized carbons (Fsp3) is 0.0455. The van der Waals surface area contributed by atoms with Gasteiger partial charge < -0.3 is 4.74 Å². The first-order valence-electron chi connectivity index (χ1n) is 8.00. The molecule has 0 saturated carbocycles. The Morgan fingerprint density at radius 3 is 2.38 bits per heavy atom. The van der Waals surface area contributed by atoms with Crippen LogP contribution < -0.4 is 4.74 Å². The van der Waals surface area contributed by atoms with Crippen molar-refractivity contribution in [3.63, 3.8) is 0 Å². The lowest BCUT2D eigenvalue weighted by atomic mass is 9.90. The smallest absolute Gasteiger partial charge is 0.308 e. The number of esters is 1. The summed E-state index contributed by atoms with van der Waals surface area (Å²) in [5.74, 6) is 0.332. The lowest BCUT2D eigenvalue weighted by Crippen LogP contribution is -2.02. The van der Waals surface area contributed by atoms with Gasteiger partial charge >= 0.3 is 5.97 Å². The zero-order valence-corrected chi connectivity index (χ0v) is 13.2. The Labute approximate surface area is 138 Å². The summed E-state index contributed by atoms with van der Waals surface area (Å²) in [7, 11) is 0. The summed E-state index contributed by atoms with van der Waals surface area (Å²) in [5.41, 5.74) is 0. The van der Waals surface area contributed by atoms with Gasteiger partial charge in [0.05, 0.1) is 0 Å². The normalized spacial score (nSPS) is 11.7. The van der Waals surface area contributed by atoms with E-state index in [4.69, 9.17) is 4.74 Å². The van der Waals surface area contributed by atoms with Crippen LogP contribution in [-0.4, -0.2) is 5.97 Å². The van der Waals surface area contributed by atoms with Crippen LogP contribution in [-0.2, 0) is 4.79 Å². The standard InChI is InChI=1S/C22H14O2/c1-13(23)24-20-12-16-7-4-6-14-9-10-18-17-8-3-2-5-15(17)11-19(20)22(18)21(14)16/h2-12H,1H3. The van der Waals surface area contributed by atoms with Crippen LogP contribution in [0.15, 0.2) is 66.7 Å². The summed E-state index contributed by atoms with van der Waals surface area (Å²) >= 11 is 0. The van der Waals surface area contributed by atoms with Gasteiger partial charge in [0.15, 0.2) is 0 Å². The molecular formula is C22H14O2. The maximum Gasteiger partial charge on any atom is 0.308 e.